The molecule has 0 rings (SSSR count). The largest absolute Gasteiger partial charge is 0.295 e. The van der Waals surface area contributed by atoms with E-state index in [-0.39, 0.29) is 5.78 Å². The zero-order valence-electron chi connectivity index (χ0n) is 11.0. The predicted molar refractivity (Wildman–Crippen MR) is 66.9 cm³/mol. The highest BCUT2D eigenvalue weighted by molar-refractivity contribution is 5.87. The van der Waals surface area contributed by atoms with Gasteiger partial charge in [0.15, 0.2) is 5.78 Å². The molecule has 0 saturated heterocycles. The topological polar surface area (TPSA) is 17.1 Å². The molecule has 0 aliphatic rings. The molecule has 0 fully saturated rings. The summed E-state index contributed by atoms with van der Waals surface area (Å²) in [4.78, 5) is 10.7. The fraction of sp³-hybridized carbons (Fsp3) is 0.786. The van der Waals surface area contributed by atoms with E-state index in [2.05, 4.69) is 27.7 Å². The smallest absolute Gasteiger partial charge is 0.152 e. The first-order valence-electron chi connectivity index (χ1n) is 5.98. The summed E-state index contributed by atoms with van der Waals surface area (Å²) < 4.78 is 0. The van der Waals surface area contributed by atoms with Crippen molar-refractivity contribution in [3.8, 4) is 0 Å². The Morgan fingerprint density at radius 2 is 1.93 bits per heavy atom. The maximum Gasteiger partial charge on any atom is 0.152 e. The van der Waals surface area contributed by atoms with Crippen LogP contribution in [0.15, 0.2) is 12.2 Å². The average molecular weight is 210 g/mol. The van der Waals surface area contributed by atoms with Gasteiger partial charge in [-0.15, -0.1) is 0 Å². The van der Waals surface area contributed by atoms with Gasteiger partial charge in [0.1, 0.15) is 0 Å². The molecule has 1 atom stereocenters. The lowest BCUT2D eigenvalue weighted by atomic mass is 9.87. The van der Waals surface area contributed by atoms with Gasteiger partial charge in [0.25, 0.3) is 0 Å². The van der Waals surface area contributed by atoms with E-state index in [4.69, 9.17) is 0 Å². The van der Waals surface area contributed by atoms with E-state index >= 15 is 0 Å². The molecule has 0 aromatic rings. The Morgan fingerprint density at radius 3 is 2.40 bits per heavy atom. The van der Waals surface area contributed by atoms with Crippen molar-refractivity contribution < 1.29 is 4.79 Å². The minimum atomic E-state index is 0.150. The molecule has 0 spiro atoms. The summed E-state index contributed by atoms with van der Waals surface area (Å²) in [5.74, 6) is 0.847. The Kier molecular flexibility index (Phi) is 6.55. The van der Waals surface area contributed by atoms with E-state index in [1.807, 2.05) is 6.08 Å². The van der Waals surface area contributed by atoms with Gasteiger partial charge in [0.2, 0.25) is 0 Å². The number of ketones is 1. The Balaban J connectivity index is 3.58. The Bertz CT molecular complexity index is 208. The van der Waals surface area contributed by atoms with Crippen LogP contribution in [-0.4, -0.2) is 5.78 Å². The fourth-order valence-electron chi connectivity index (χ4n) is 1.57. The van der Waals surface area contributed by atoms with Crippen LogP contribution in [0.2, 0.25) is 0 Å². The van der Waals surface area contributed by atoms with Crippen LogP contribution in [0.3, 0.4) is 0 Å². The maximum absolute atomic E-state index is 10.7. The van der Waals surface area contributed by atoms with Crippen molar-refractivity contribution in [2.45, 2.75) is 60.3 Å². The quantitative estimate of drug-likeness (QED) is 0.595. The molecule has 0 N–H and O–H groups in total. The summed E-state index contributed by atoms with van der Waals surface area (Å²) in [6, 6.07) is 0. The molecular weight excluding hydrogens is 184 g/mol. The molecule has 1 heteroatoms. The van der Waals surface area contributed by atoms with Crippen molar-refractivity contribution in [3.63, 3.8) is 0 Å². The second-order valence-electron chi connectivity index (χ2n) is 5.81. The highest BCUT2D eigenvalue weighted by atomic mass is 16.1. The highest BCUT2D eigenvalue weighted by Crippen LogP contribution is 2.24. The van der Waals surface area contributed by atoms with Gasteiger partial charge in [0.05, 0.1) is 0 Å². The van der Waals surface area contributed by atoms with E-state index in [0.29, 0.717) is 11.3 Å². The van der Waals surface area contributed by atoms with Gasteiger partial charge in [-0.1, -0.05) is 46.6 Å². The second-order valence-corrected chi connectivity index (χ2v) is 5.81. The van der Waals surface area contributed by atoms with E-state index in [0.717, 1.165) is 6.42 Å². The lowest BCUT2D eigenvalue weighted by Crippen LogP contribution is -2.05. The van der Waals surface area contributed by atoms with Crippen LogP contribution in [0.25, 0.3) is 0 Å². The van der Waals surface area contributed by atoms with Crippen molar-refractivity contribution in [2.24, 2.45) is 11.3 Å². The van der Waals surface area contributed by atoms with Crippen LogP contribution < -0.4 is 0 Å². The third kappa shape index (κ3) is 11.3. The number of carbonyl (C=O) groups excluding carboxylic acids is 1. The summed E-state index contributed by atoms with van der Waals surface area (Å²) in [5, 5.41) is 0. The summed E-state index contributed by atoms with van der Waals surface area (Å²) in [7, 11) is 0. The molecular formula is C14H26O. The molecule has 0 aromatic heterocycles. The van der Waals surface area contributed by atoms with Crippen molar-refractivity contribution in [2.75, 3.05) is 0 Å². The van der Waals surface area contributed by atoms with Gasteiger partial charge < -0.3 is 0 Å². The molecule has 1 nitrogen and oxygen atoms in total. The number of allylic oxidation sites excluding steroid dienone is 2. The minimum Gasteiger partial charge on any atom is -0.295 e. The van der Waals surface area contributed by atoms with Gasteiger partial charge in [-0.3, -0.25) is 4.79 Å². The number of hydrogen-bond acceptors (Lipinski definition) is 1. The summed E-state index contributed by atoms with van der Waals surface area (Å²) >= 11 is 0. The van der Waals surface area contributed by atoms with E-state index < -0.39 is 0 Å². The van der Waals surface area contributed by atoms with Crippen molar-refractivity contribution >= 4 is 5.78 Å². The molecule has 15 heavy (non-hydrogen) atoms. The highest BCUT2D eigenvalue weighted by Gasteiger charge is 2.10. The van der Waals surface area contributed by atoms with Crippen LogP contribution >= 0.6 is 0 Å². The van der Waals surface area contributed by atoms with Crippen LogP contribution in [-0.2, 0) is 4.79 Å². The van der Waals surface area contributed by atoms with Crippen LogP contribution in [0, 0.1) is 11.3 Å². The first kappa shape index (κ1) is 14.4. The zero-order chi connectivity index (χ0) is 11.9. The Labute approximate surface area is 95.0 Å². The van der Waals surface area contributed by atoms with E-state index in [1.54, 1.807) is 13.0 Å². The second kappa shape index (κ2) is 6.81. The Hall–Kier alpha value is -0.590. The molecule has 0 aliphatic carbocycles. The molecule has 0 bridgehead atoms. The molecule has 0 radical (unpaired) electrons. The molecule has 88 valence electrons. The number of carbonyl (C=O) groups is 1. The molecule has 1 unspecified atom stereocenters. The summed E-state index contributed by atoms with van der Waals surface area (Å²) in [6.07, 6.45) is 8.56. The van der Waals surface area contributed by atoms with Gasteiger partial charge in [-0.2, -0.15) is 0 Å². The zero-order valence-corrected chi connectivity index (χ0v) is 11.0. The molecule has 0 aliphatic heterocycles. The van der Waals surface area contributed by atoms with Gasteiger partial charge in [-0.05, 0) is 37.2 Å². The Morgan fingerprint density at radius 1 is 1.33 bits per heavy atom. The number of hydrogen-bond donors (Lipinski definition) is 0. The van der Waals surface area contributed by atoms with E-state index in [9.17, 15) is 4.79 Å². The number of rotatable bonds is 6. The van der Waals surface area contributed by atoms with Crippen LogP contribution in [0.4, 0.5) is 0 Å². The molecule has 0 aromatic carbocycles. The fourth-order valence-corrected chi connectivity index (χ4v) is 1.57. The third-order valence-electron chi connectivity index (χ3n) is 2.51. The molecule has 0 saturated carbocycles. The van der Waals surface area contributed by atoms with Crippen LogP contribution in [0.5, 0.6) is 0 Å². The van der Waals surface area contributed by atoms with E-state index in [1.165, 1.54) is 19.3 Å². The standard InChI is InChI=1S/C14H26O/c1-12(8-6-10-13(2)15)9-7-11-14(3,4)5/h6,10,12H,7-9,11H2,1-5H3. The summed E-state index contributed by atoms with van der Waals surface area (Å²) in [5.41, 5.74) is 0.453. The van der Waals surface area contributed by atoms with Crippen molar-refractivity contribution in [3.05, 3.63) is 12.2 Å². The predicted octanol–water partition coefficient (Wildman–Crippen LogP) is 4.37. The third-order valence-corrected chi connectivity index (χ3v) is 2.51. The van der Waals surface area contributed by atoms with Crippen molar-refractivity contribution in [1.29, 1.82) is 0 Å². The first-order chi connectivity index (χ1) is 6.81. The molecule has 0 amide bonds. The average Bonchev–Trinajstić information content (AvgIpc) is 2.00. The van der Waals surface area contributed by atoms with Gasteiger partial charge in [0, 0.05) is 0 Å². The van der Waals surface area contributed by atoms with Gasteiger partial charge >= 0.3 is 0 Å². The monoisotopic (exact) mass is 210 g/mol. The summed E-state index contributed by atoms with van der Waals surface area (Å²) in [6.45, 7) is 10.7. The normalized spacial score (nSPS) is 14.5. The van der Waals surface area contributed by atoms with Crippen LogP contribution in [0.1, 0.15) is 60.3 Å². The van der Waals surface area contributed by atoms with Gasteiger partial charge in [-0.25, -0.2) is 0 Å². The first-order valence-corrected chi connectivity index (χ1v) is 5.98. The van der Waals surface area contributed by atoms with Crippen molar-refractivity contribution in [1.82, 2.24) is 0 Å². The SMILES string of the molecule is CC(=O)C=CCC(C)CCCC(C)(C)C. The molecule has 0 heterocycles. The lowest BCUT2D eigenvalue weighted by Gasteiger charge is -2.18. The maximum atomic E-state index is 10.7. The lowest BCUT2D eigenvalue weighted by molar-refractivity contribution is -0.112. The minimum absolute atomic E-state index is 0.150.